The molecule has 0 aliphatic carbocycles. The normalized spacial score (nSPS) is 17.6. The molecule has 112 valence electrons. The van der Waals surface area contributed by atoms with Gasteiger partial charge >= 0.3 is 0 Å². The van der Waals surface area contributed by atoms with Gasteiger partial charge in [-0.05, 0) is 40.5 Å². The Morgan fingerprint density at radius 1 is 0.895 bits per heavy atom. The molecule has 0 aromatic heterocycles. The molecule has 0 aliphatic heterocycles. The summed E-state index contributed by atoms with van der Waals surface area (Å²) in [6.07, 6.45) is -0.425. The third kappa shape index (κ3) is 7.40. The van der Waals surface area contributed by atoms with Gasteiger partial charge in [-0.15, -0.1) is 0 Å². The van der Waals surface area contributed by atoms with Crippen LogP contribution in [0.5, 0.6) is 0 Å². The van der Waals surface area contributed by atoms with E-state index in [0.29, 0.717) is 26.1 Å². The number of aliphatic hydroxyl groups is 2. The summed E-state index contributed by atoms with van der Waals surface area (Å²) in [5.41, 5.74) is 0. The minimum Gasteiger partial charge on any atom is -0.393 e. The van der Waals surface area contributed by atoms with Crippen molar-refractivity contribution in [1.29, 1.82) is 0 Å². The monoisotopic (exact) mass is 274 g/mol. The van der Waals surface area contributed by atoms with Crippen molar-refractivity contribution in [2.45, 2.75) is 52.7 Å². The summed E-state index contributed by atoms with van der Waals surface area (Å²) in [7, 11) is 0. The van der Waals surface area contributed by atoms with E-state index in [1.165, 1.54) is 13.8 Å². The predicted molar refractivity (Wildman–Crippen MR) is 71.8 cm³/mol. The van der Waals surface area contributed by atoms with Gasteiger partial charge in [0.05, 0.1) is 12.2 Å². The number of hydrogen-bond donors (Lipinski definition) is 2. The molecule has 0 aliphatic rings. The quantitative estimate of drug-likeness (QED) is 0.580. The van der Waals surface area contributed by atoms with Crippen molar-refractivity contribution >= 4 is 11.6 Å². The van der Waals surface area contributed by atoms with Crippen LogP contribution < -0.4 is 0 Å². The van der Waals surface area contributed by atoms with Crippen LogP contribution in [0.3, 0.4) is 0 Å². The lowest BCUT2D eigenvalue weighted by molar-refractivity contribution is -0.124. The molecular weight excluding hydrogens is 248 g/mol. The SMILES string of the molecule is CC(=O)C(CCOCCC(C(C)=O)C(C)O)C(C)O. The number of aliphatic hydroxyl groups excluding tert-OH is 2. The van der Waals surface area contributed by atoms with Crippen LogP contribution in [-0.2, 0) is 14.3 Å². The first-order valence-corrected chi connectivity index (χ1v) is 6.72. The number of rotatable bonds is 10. The molecule has 0 aromatic rings. The summed E-state index contributed by atoms with van der Waals surface area (Å²) >= 11 is 0. The predicted octanol–water partition coefficient (Wildman–Crippen LogP) is 0.955. The van der Waals surface area contributed by atoms with Crippen LogP contribution in [0.4, 0.5) is 0 Å². The highest BCUT2D eigenvalue weighted by atomic mass is 16.5. The van der Waals surface area contributed by atoms with Crippen molar-refractivity contribution in [3.63, 3.8) is 0 Å². The van der Waals surface area contributed by atoms with Crippen LogP contribution >= 0.6 is 0 Å². The van der Waals surface area contributed by atoms with Gasteiger partial charge in [0.2, 0.25) is 0 Å². The van der Waals surface area contributed by atoms with E-state index in [0.717, 1.165) is 0 Å². The van der Waals surface area contributed by atoms with Crippen LogP contribution in [0.25, 0.3) is 0 Å². The lowest BCUT2D eigenvalue weighted by Gasteiger charge is -2.18. The zero-order valence-corrected chi connectivity index (χ0v) is 12.3. The van der Waals surface area contributed by atoms with E-state index in [-0.39, 0.29) is 11.6 Å². The third-order valence-corrected chi connectivity index (χ3v) is 3.36. The molecule has 0 heterocycles. The number of hydrogen-bond acceptors (Lipinski definition) is 5. The second-order valence-electron chi connectivity index (χ2n) is 5.11. The average molecular weight is 274 g/mol. The van der Waals surface area contributed by atoms with Crippen molar-refractivity contribution in [1.82, 2.24) is 0 Å². The second-order valence-corrected chi connectivity index (χ2v) is 5.11. The Balaban J connectivity index is 3.92. The Morgan fingerprint density at radius 2 is 1.21 bits per heavy atom. The van der Waals surface area contributed by atoms with Crippen molar-refractivity contribution in [3.8, 4) is 0 Å². The Hall–Kier alpha value is -0.780. The lowest BCUT2D eigenvalue weighted by atomic mass is 9.95. The molecule has 0 radical (unpaired) electrons. The molecule has 19 heavy (non-hydrogen) atoms. The Labute approximate surface area is 115 Å². The van der Waals surface area contributed by atoms with Crippen molar-refractivity contribution < 1.29 is 24.5 Å². The summed E-state index contributed by atoms with van der Waals surface area (Å²) in [5, 5.41) is 18.8. The largest absolute Gasteiger partial charge is 0.393 e. The maximum Gasteiger partial charge on any atom is 0.135 e. The van der Waals surface area contributed by atoms with Gasteiger partial charge in [-0.25, -0.2) is 0 Å². The van der Waals surface area contributed by atoms with Crippen LogP contribution in [0.1, 0.15) is 40.5 Å². The summed E-state index contributed by atoms with van der Waals surface area (Å²) < 4.78 is 5.37. The van der Waals surface area contributed by atoms with Gasteiger partial charge in [0.25, 0.3) is 0 Å². The number of ether oxygens (including phenoxy) is 1. The molecule has 0 aromatic carbocycles. The first kappa shape index (κ1) is 18.2. The van der Waals surface area contributed by atoms with Crippen LogP contribution in [-0.4, -0.2) is 47.2 Å². The average Bonchev–Trinajstić information content (AvgIpc) is 2.25. The number of Topliss-reactive ketones (excluding diaryl/α,β-unsaturated/α-hetero) is 2. The topological polar surface area (TPSA) is 83.8 Å². The first-order valence-electron chi connectivity index (χ1n) is 6.72. The second kappa shape index (κ2) is 9.18. The molecule has 0 saturated carbocycles. The summed E-state index contributed by atoms with van der Waals surface area (Å²) in [6.45, 7) is 6.81. The summed E-state index contributed by atoms with van der Waals surface area (Å²) in [6, 6.07) is 0. The van der Waals surface area contributed by atoms with E-state index >= 15 is 0 Å². The van der Waals surface area contributed by atoms with Crippen molar-refractivity contribution in [2.75, 3.05) is 13.2 Å². The van der Waals surface area contributed by atoms with Gasteiger partial charge in [0.1, 0.15) is 11.6 Å². The van der Waals surface area contributed by atoms with Gasteiger partial charge in [-0.2, -0.15) is 0 Å². The van der Waals surface area contributed by atoms with Crippen molar-refractivity contribution in [3.05, 3.63) is 0 Å². The van der Waals surface area contributed by atoms with Gasteiger partial charge in [0, 0.05) is 25.0 Å². The highest BCUT2D eigenvalue weighted by molar-refractivity contribution is 5.79. The van der Waals surface area contributed by atoms with E-state index in [4.69, 9.17) is 4.74 Å². The molecule has 0 amide bonds. The van der Waals surface area contributed by atoms with Gasteiger partial charge in [-0.1, -0.05) is 0 Å². The Kier molecular flexibility index (Phi) is 8.80. The third-order valence-electron chi connectivity index (χ3n) is 3.36. The molecule has 0 bridgehead atoms. The molecule has 2 N–H and O–H groups in total. The summed E-state index contributed by atoms with van der Waals surface area (Å²) in [5.74, 6) is -0.908. The van der Waals surface area contributed by atoms with E-state index in [1.54, 1.807) is 13.8 Å². The highest BCUT2D eigenvalue weighted by Crippen LogP contribution is 2.13. The molecule has 5 nitrogen and oxygen atoms in total. The molecule has 5 heteroatoms. The van der Waals surface area contributed by atoms with Crippen LogP contribution in [0, 0.1) is 11.8 Å². The fraction of sp³-hybridized carbons (Fsp3) is 0.857. The maximum atomic E-state index is 11.2. The number of carbonyl (C=O) groups is 2. The van der Waals surface area contributed by atoms with Gasteiger partial charge < -0.3 is 14.9 Å². The molecule has 4 atom stereocenters. The minimum absolute atomic E-state index is 0.0517. The molecule has 0 rings (SSSR count). The minimum atomic E-state index is -0.677. The maximum absolute atomic E-state index is 11.2. The van der Waals surface area contributed by atoms with Gasteiger partial charge in [0.15, 0.2) is 0 Å². The fourth-order valence-corrected chi connectivity index (χ4v) is 2.09. The molecular formula is C14H26O5. The van der Waals surface area contributed by atoms with Gasteiger partial charge in [-0.3, -0.25) is 9.59 Å². The van der Waals surface area contributed by atoms with E-state index < -0.39 is 24.0 Å². The summed E-state index contributed by atoms with van der Waals surface area (Å²) in [4.78, 5) is 22.5. The smallest absolute Gasteiger partial charge is 0.135 e. The molecule has 4 unspecified atom stereocenters. The first-order chi connectivity index (χ1) is 8.77. The van der Waals surface area contributed by atoms with Crippen LogP contribution in [0.2, 0.25) is 0 Å². The fourth-order valence-electron chi connectivity index (χ4n) is 2.09. The zero-order valence-electron chi connectivity index (χ0n) is 12.3. The highest BCUT2D eigenvalue weighted by Gasteiger charge is 2.21. The standard InChI is InChI=1S/C14H26O5/c1-9(15)13(10(2)16)5-7-19-8-6-14(11(3)17)12(4)18/h9,11,13-15,17H,5-8H2,1-4H3. The number of carbonyl (C=O) groups excluding carboxylic acids is 2. The molecule has 0 fully saturated rings. The number of ketones is 2. The molecule has 0 spiro atoms. The molecule has 0 saturated heterocycles. The van der Waals surface area contributed by atoms with E-state index in [1.807, 2.05) is 0 Å². The van der Waals surface area contributed by atoms with E-state index in [2.05, 4.69) is 0 Å². The van der Waals surface area contributed by atoms with E-state index in [9.17, 15) is 19.8 Å². The Morgan fingerprint density at radius 3 is 1.42 bits per heavy atom. The lowest BCUT2D eigenvalue weighted by Crippen LogP contribution is -2.27. The zero-order chi connectivity index (χ0) is 15.0. The van der Waals surface area contributed by atoms with Crippen molar-refractivity contribution in [2.24, 2.45) is 11.8 Å². The van der Waals surface area contributed by atoms with Crippen LogP contribution in [0.15, 0.2) is 0 Å². The Bertz CT molecular complexity index is 258.